The van der Waals surface area contributed by atoms with Crippen molar-refractivity contribution < 1.29 is 9.53 Å². The van der Waals surface area contributed by atoms with Crippen LogP contribution in [0.4, 0.5) is 5.69 Å². The van der Waals surface area contributed by atoms with Gasteiger partial charge in [0, 0.05) is 5.69 Å². The SMILES string of the molecule is CCOc1ccc(N[C@@]23SCC(=O)[C@@H]2CCc2ccccc23)cc1. The average molecular weight is 339 g/mol. The molecule has 0 saturated carbocycles. The van der Waals surface area contributed by atoms with Crippen LogP contribution in [-0.4, -0.2) is 18.1 Å². The molecular formula is C20H21NO2S. The summed E-state index contributed by atoms with van der Waals surface area (Å²) in [5, 5.41) is 3.70. The first-order chi connectivity index (χ1) is 11.7. The van der Waals surface area contributed by atoms with E-state index in [1.165, 1.54) is 11.1 Å². The largest absolute Gasteiger partial charge is 0.494 e. The first-order valence-electron chi connectivity index (χ1n) is 8.49. The van der Waals surface area contributed by atoms with Gasteiger partial charge in [-0.25, -0.2) is 0 Å². The van der Waals surface area contributed by atoms with Crippen molar-refractivity contribution in [2.45, 2.75) is 24.6 Å². The Morgan fingerprint density at radius 3 is 2.79 bits per heavy atom. The van der Waals surface area contributed by atoms with Gasteiger partial charge in [-0.3, -0.25) is 4.79 Å². The minimum absolute atomic E-state index is 0.0453. The Morgan fingerprint density at radius 2 is 2.00 bits per heavy atom. The molecule has 4 rings (SSSR count). The average Bonchev–Trinajstić information content (AvgIpc) is 2.94. The fraction of sp³-hybridized carbons (Fsp3) is 0.350. The number of aryl methyl sites for hydroxylation is 1. The van der Waals surface area contributed by atoms with Crippen molar-refractivity contribution in [3.63, 3.8) is 0 Å². The number of ether oxygens (including phenoxy) is 1. The van der Waals surface area contributed by atoms with Crippen molar-refractivity contribution in [3.05, 3.63) is 59.7 Å². The number of rotatable bonds is 4. The van der Waals surface area contributed by atoms with Gasteiger partial charge in [0.2, 0.25) is 0 Å². The van der Waals surface area contributed by atoms with Crippen molar-refractivity contribution in [1.29, 1.82) is 0 Å². The van der Waals surface area contributed by atoms with E-state index in [-0.39, 0.29) is 10.8 Å². The molecule has 1 heterocycles. The zero-order valence-corrected chi connectivity index (χ0v) is 14.6. The summed E-state index contributed by atoms with van der Waals surface area (Å²) in [6.45, 7) is 2.64. The van der Waals surface area contributed by atoms with Crippen LogP contribution in [0.5, 0.6) is 5.75 Å². The summed E-state index contributed by atoms with van der Waals surface area (Å²) < 4.78 is 5.52. The summed E-state index contributed by atoms with van der Waals surface area (Å²) in [5.74, 6) is 1.87. The molecule has 1 N–H and O–H groups in total. The second-order valence-corrected chi connectivity index (χ2v) is 7.54. The molecule has 0 spiro atoms. The molecule has 0 aromatic heterocycles. The molecule has 2 aromatic rings. The van der Waals surface area contributed by atoms with Gasteiger partial charge in [0.25, 0.3) is 0 Å². The highest BCUT2D eigenvalue weighted by molar-refractivity contribution is 8.01. The predicted molar refractivity (Wildman–Crippen MR) is 98.6 cm³/mol. The number of thioether (sulfide) groups is 1. The van der Waals surface area contributed by atoms with Gasteiger partial charge in [-0.2, -0.15) is 0 Å². The van der Waals surface area contributed by atoms with Crippen LogP contribution in [0.1, 0.15) is 24.5 Å². The molecule has 2 aliphatic rings. The summed E-state index contributed by atoms with van der Waals surface area (Å²) in [4.78, 5) is 12.1. The van der Waals surface area contributed by atoms with Gasteiger partial charge in [-0.15, -0.1) is 11.8 Å². The lowest BCUT2D eigenvalue weighted by atomic mass is 9.77. The van der Waals surface area contributed by atoms with Crippen molar-refractivity contribution in [2.24, 2.45) is 5.92 Å². The van der Waals surface area contributed by atoms with E-state index in [0.29, 0.717) is 18.1 Å². The Morgan fingerprint density at radius 1 is 1.21 bits per heavy atom. The highest BCUT2D eigenvalue weighted by atomic mass is 32.2. The third kappa shape index (κ3) is 2.49. The van der Waals surface area contributed by atoms with Gasteiger partial charge in [0.1, 0.15) is 16.4 Å². The van der Waals surface area contributed by atoms with Crippen molar-refractivity contribution >= 4 is 23.2 Å². The van der Waals surface area contributed by atoms with E-state index >= 15 is 0 Å². The first kappa shape index (κ1) is 15.6. The van der Waals surface area contributed by atoms with Crippen LogP contribution in [0, 0.1) is 5.92 Å². The first-order valence-corrected chi connectivity index (χ1v) is 9.47. The molecule has 2 aromatic carbocycles. The number of hydrogen-bond donors (Lipinski definition) is 1. The maximum atomic E-state index is 12.5. The Kier molecular flexibility index (Phi) is 4.01. The van der Waals surface area contributed by atoms with Gasteiger partial charge in [0.05, 0.1) is 18.3 Å². The van der Waals surface area contributed by atoms with Gasteiger partial charge in [-0.05, 0) is 55.2 Å². The smallest absolute Gasteiger partial charge is 0.149 e. The minimum atomic E-state index is -0.334. The zero-order valence-electron chi connectivity index (χ0n) is 13.7. The van der Waals surface area contributed by atoms with Gasteiger partial charge in [-0.1, -0.05) is 24.3 Å². The van der Waals surface area contributed by atoms with Crippen LogP contribution >= 0.6 is 11.8 Å². The quantitative estimate of drug-likeness (QED) is 0.905. The van der Waals surface area contributed by atoms with E-state index < -0.39 is 0 Å². The molecule has 0 unspecified atom stereocenters. The number of nitrogens with one attached hydrogen (secondary N) is 1. The Bertz CT molecular complexity index is 758. The number of Topliss-reactive ketones (excluding diaryl/α,β-unsaturated/α-hetero) is 1. The Hall–Kier alpha value is -1.94. The number of carbonyl (C=O) groups is 1. The standard InChI is InChI=1S/C20H21NO2S/c1-2-23-16-10-8-15(9-11-16)21-20-17-6-4-3-5-14(17)7-12-18(20)19(22)13-24-20/h3-6,8-11,18,21H,2,7,12-13H2,1H3/t18-,20-/m0/s1. The second-order valence-electron chi connectivity index (χ2n) is 6.32. The van der Waals surface area contributed by atoms with Gasteiger partial charge in [0.15, 0.2) is 0 Å². The van der Waals surface area contributed by atoms with Crippen molar-refractivity contribution in [1.82, 2.24) is 0 Å². The number of hydrogen-bond acceptors (Lipinski definition) is 4. The van der Waals surface area contributed by atoms with Crippen LogP contribution < -0.4 is 10.1 Å². The third-order valence-electron chi connectivity index (χ3n) is 4.94. The lowest BCUT2D eigenvalue weighted by Crippen LogP contribution is -2.42. The van der Waals surface area contributed by atoms with Crippen LogP contribution in [0.3, 0.4) is 0 Å². The molecule has 4 heteroatoms. The van der Waals surface area contributed by atoms with Crippen LogP contribution in [0.25, 0.3) is 0 Å². The van der Waals surface area contributed by atoms with Gasteiger partial charge < -0.3 is 10.1 Å². The third-order valence-corrected chi connectivity index (χ3v) is 6.43. The molecule has 1 aliphatic heterocycles. The van der Waals surface area contributed by atoms with E-state index in [0.717, 1.165) is 24.3 Å². The van der Waals surface area contributed by atoms with E-state index in [1.807, 2.05) is 31.2 Å². The Balaban J connectivity index is 1.71. The van der Waals surface area contributed by atoms with Crippen molar-refractivity contribution in [2.75, 3.05) is 17.7 Å². The van der Waals surface area contributed by atoms with E-state index in [9.17, 15) is 4.79 Å². The number of fused-ring (bicyclic) bond motifs is 3. The molecule has 1 fully saturated rings. The van der Waals surface area contributed by atoms with Crippen LogP contribution in [0.15, 0.2) is 48.5 Å². The fourth-order valence-corrected chi connectivity index (χ4v) is 5.42. The van der Waals surface area contributed by atoms with E-state index in [2.05, 4.69) is 29.6 Å². The molecule has 1 aliphatic carbocycles. The maximum absolute atomic E-state index is 12.5. The minimum Gasteiger partial charge on any atom is -0.494 e. The second kappa shape index (κ2) is 6.17. The summed E-state index contributed by atoms with van der Waals surface area (Å²) in [5.41, 5.74) is 3.66. The number of anilines is 1. The van der Waals surface area contributed by atoms with Crippen LogP contribution in [-0.2, 0) is 16.1 Å². The zero-order chi connectivity index (χ0) is 16.6. The molecule has 0 radical (unpaired) electrons. The number of benzene rings is 2. The number of carbonyl (C=O) groups excluding carboxylic acids is 1. The Labute approximate surface area is 146 Å². The fourth-order valence-electron chi connectivity index (χ4n) is 3.85. The molecule has 0 amide bonds. The van der Waals surface area contributed by atoms with E-state index in [1.54, 1.807) is 11.8 Å². The molecule has 1 saturated heterocycles. The van der Waals surface area contributed by atoms with Crippen LogP contribution in [0.2, 0.25) is 0 Å². The molecule has 2 atom stereocenters. The van der Waals surface area contributed by atoms with E-state index in [4.69, 9.17) is 4.74 Å². The lowest BCUT2D eigenvalue weighted by Gasteiger charge is -2.40. The molecule has 3 nitrogen and oxygen atoms in total. The molecular weight excluding hydrogens is 318 g/mol. The highest BCUT2D eigenvalue weighted by Crippen LogP contribution is 2.54. The maximum Gasteiger partial charge on any atom is 0.149 e. The number of ketones is 1. The molecule has 0 bridgehead atoms. The molecule has 124 valence electrons. The lowest BCUT2D eigenvalue weighted by molar-refractivity contribution is -0.120. The van der Waals surface area contributed by atoms with Crippen molar-refractivity contribution in [3.8, 4) is 5.75 Å². The molecule has 24 heavy (non-hydrogen) atoms. The predicted octanol–water partition coefficient (Wildman–Crippen LogP) is 4.23. The summed E-state index contributed by atoms with van der Waals surface area (Å²) in [7, 11) is 0. The summed E-state index contributed by atoms with van der Waals surface area (Å²) in [6, 6.07) is 16.6. The highest BCUT2D eigenvalue weighted by Gasteiger charge is 2.52. The summed E-state index contributed by atoms with van der Waals surface area (Å²) in [6.07, 6.45) is 1.91. The summed E-state index contributed by atoms with van der Waals surface area (Å²) >= 11 is 1.74. The topological polar surface area (TPSA) is 38.3 Å². The monoisotopic (exact) mass is 339 g/mol. The normalized spacial score (nSPS) is 25.0. The van der Waals surface area contributed by atoms with Gasteiger partial charge >= 0.3 is 0 Å².